The van der Waals surface area contributed by atoms with Gasteiger partial charge in [-0.25, -0.2) is 0 Å². The van der Waals surface area contributed by atoms with E-state index in [4.69, 9.17) is 18.9 Å². The Kier molecular flexibility index (Phi) is 6.71. The third-order valence-electron chi connectivity index (χ3n) is 4.92. The van der Waals surface area contributed by atoms with Crippen molar-refractivity contribution in [2.45, 2.75) is 13.8 Å². The minimum absolute atomic E-state index is 0.736. The van der Waals surface area contributed by atoms with Crippen molar-refractivity contribution in [3.63, 3.8) is 0 Å². The number of hydrogen-bond acceptors (Lipinski definition) is 5. The van der Waals surface area contributed by atoms with Crippen molar-refractivity contribution in [3.8, 4) is 22.8 Å². The lowest BCUT2D eigenvalue weighted by Crippen LogP contribution is -2.26. The van der Waals surface area contributed by atoms with Gasteiger partial charge >= 0.3 is 0 Å². The van der Waals surface area contributed by atoms with Crippen molar-refractivity contribution in [1.82, 2.24) is 4.90 Å². The molecule has 0 spiro atoms. The summed E-state index contributed by atoms with van der Waals surface area (Å²) in [5, 5.41) is 1.87. The van der Waals surface area contributed by atoms with Gasteiger partial charge in [0.25, 0.3) is 0 Å². The highest BCUT2D eigenvalue weighted by atomic mass is 16.5. The molecular weight excluding hydrogens is 352 g/mol. The molecule has 5 nitrogen and oxygen atoms in total. The topological polar surface area (TPSA) is 47.2 Å². The van der Waals surface area contributed by atoms with Gasteiger partial charge in [-0.05, 0) is 55.6 Å². The number of nitrogens with zero attached hydrogens (tertiary/aromatic N) is 2. The molecule has 0 saturated carbocycles. The lowest BCUT2D eigenvalue weighted by Gasteiger charge is -2.16. The van der Waals surface area contributed by atoms with E-state index in [-0.39, 0.29) is 0 Å². The van der Waals surface area contributed by atoms with Gasteiger partial charge in [0.05, 0.1) is 26.1 Å². The molecule has 0 amide bonds. The van der Waals surface area contributed by atoms with Gasteiger partial charge in [-0.1, -0.05) is 13.8 Å². The number of likely N-dealkylation sites (N-methyl/N-ethyl adjacent to an activating group) is 1. The third-order valence-corrected chi connectivity index (χ3v) is 4.92. The molecule has 3 rings (SSSR count). The zero-order valence-electron chi connectivity index (χ0n) is 17.1. The molecule has 0 fully saturated rings. The summed E-state index contributed by atoms with van der Waals surface area (Å²) in [5.41, 5.74) is 1.77. The fraction of sp³-hybridized carbons (Fsp3) is 0.348. The van der Waals surface area contributed by atoms with Crippen molar-refractivity contribution in [1.29, 1.82) is 0 Å². The zero-order chi connectivity index (χ0) is 19.9. The highest BCUT2D eigenvalue weighted by Gasteiger charge is 2.08. The molecule has 0 aliphatic rings. The number of ether oxygens (including phenoxy) is 2. The van der Waals surface area contributed by atoms with Crippen LogP contribution in [0, 0.1) is 0 Å². The Morgan fingerprint density at radius 1 is 0.893 bits per heavy atom. The molecule has 0 aliphatic heterocycles. The molecule has 148 valence electrons. The Bertz CT molecular complexity index is 973. The van der Waals surface area contributed by atoms with E-state index in [0.29, 0.717) is 0 Å². The van der Waals surface area contributed by atoms with Gasteiger partial charge in [0.2, 0.25) is 0 Å². The van der Waals surface area contributed by atoms with Gasteiger partial charge in [-0.2, -0.15) is 0 Å². The summed E-state index contributed by atoms with van der Waals surface area (Å²) in [5.74, 6) is 2.39. The van der Waals surface area contributed by atoms with E-state index >= 15 is 0 Å². The van der Waals surface area contributed by atoms with E-state index in [1.54, 1.807) is 14.2 Å². The van der Waals surface area contributed by atoms with Gasteiger partial charge in [-0.3, -0.25) is 4.99 Å². The Morgan fingerprint density at radius 3 is 2.21 bits per heavy atom. The summed E-state index contributed by atoms with van der Waals surface area (Å²) in [7, 11) is 3.33. The molecule has 0 N–H and O–H groups in total. The molecular formula is C23H28N2O3. The van der Waals surface area contributed by atoms with Crippen LogP contribution in [-0.4, -0.2) is 45.3 Å². The van der Waals surface area contributed by atoms with Crippen molar-refractivity contribution in [2.75, 3.05) is 40.4 Å². The summed E-state index contributed by atoms with van der Waals surface area (Å²) in [6, 6.07) is 15.7. The first-order chi connectivity index (χ1) is 13.7. The second kappa shape index (κ2) is 9.42. The Morgan fingerprint density at radius 2 is 1.57 bits per heavy atom. The fourth-order valence-electron chi connectivity index (χ4n) is 3.16. The van der Waals surface area contributed by atoms with E-state index in [1.165, 1.54) is 0 Å². The van der Waals surface area contributed by atoms with Gasteiger partial charge in [-0.15, -0.1) is 0 Å². The molecule has 3 aromatic rings. The fourth-order valence-corrected chi connectivity index (χ4v) is 3.16. The van der Waals surface area contributed by atoms with Crippen LogP contribution in [0.15, 0.2) is 57.9 Å². The average Bonchev–Trinajstić information content (AvgIpc) is 2.76. The second-order valence-electron chi connectivity index (χ2n) is 6.50. The van der Waals surface area contributed by atoms with E-state index in [1.807, 2.05) is 48.5 Å². The van der Waals surface area contributed by atoms with Crippen LogP contribution in [0.1, 0.15) is 13.8 Å². The van der Waals surface area contributed by atoms with Crippen LogP contribution < -0.4 is 14.8 Å². The number of benzene rings is 2. The molecule has 1 heterocycles. The quantitative estimate of drug-likeness (QED) is 0.583. The SMILES string of the molecule is CCN(CC)CCN=c1cc(-c2ccc(OC)cc2)oc2ccc(OC)cc12. The highest BCUT2D eigenvalue weighted by molar-refractivity contribution is 5.80. The summed E-state index contributed by atoms with van der Waals surface area (Å²) < 4.78 is 16.8. The monoisotopic (exact) mass is 380 g/mol. The average molecular weight is 380 g/mol. The van der Waals surface area contributed by atoms with Crippen LogP contribution >= 0.6 is 0 Å². The highest BCUT2D eigenvalue weighted by Crippen LogP contribution is 2.26. The number of fused-ring (bicyclic) bond motifs is 1. The van der Waals surface area contributed by atoms with Crippen LogP contribution in [0.25, 0.3) is 22.3 Å². The van der Waals surface area contributed by atoms with E-state index in [0.717, 1.165) is 65.3 Å². The molecule has 0 unspecified atom stereocenters. The van der Waals surface area contributed by atoms with E-state index in [9.17, 15) is 0 Å². The summed E-state index contributed by atoms with van der Waals surface area (Å²) >= 11 is 0. The van der Waals surface area contributed by atoms with Crippen LogP contribution in [-0.2, 0) is 0 Å². The Labute approximate surface area is 166 Å². The molecule has 0 radical (unpaired) electrons. The lowest BCUT2D eigenvalue weighted by molar-refractivity contribution is 0.312. The van der Waals surface area contributed by atoms with Crippen molar-refractivity contribution < 1.29 is 13.9 Å². The van der Waals surface area contributed by atoms with Crippen LogP contribution in [0.2, 0.25) is 0 Å². The maximum absolute atomic E-state index is 6.16. The molecule has 0 saturated heterocycles. The maximum atomic E-state index is 6.16. The third kappa shape index (κ3) is 4.54. The maximum Gasteiger partial charge on any atom is 0.137 e. The first kappa shape index (κ1) is 20.0. The minimum atomic E-state index is 0.736. The van der Waals surface area contributed by atoms with Crippen molar-refractivity contribution in [3.05, 3.63) is 53.9 Å². The van der Waals surface area contributed by atoms with Crippen molar-refractivity contribution >= 4 is 11.0 Å². The summed E-state index contributed by atoms with van der Waals surface area (Å²) in [6.45, 7) is 8.08. The van der Waals surface area contributed by atoms with E-state index in [2.05, 4.69) is 18.7 Å². The smallest absolute Gasteiger partial charge is 0.137 e. The predicted molar refractivity (Wildman–Crippen MR) is 113 cm³/mol. The summed E-state index contributed by atoms with van der Waals surface area (Å²) in [4.78, 5) is 7.25. The van der Waals surface area contributed by atoms with Gasteiger partial charge < -0.3 is 18.8 Å². The van der Waals surface area contributed by atoms with E-state index < -0.39 is 0 Å². The van der Waals surface area contributed by atoms with Gasteiger partial charge in [0, 0.05) is 23.6 Å². The van der Waals surface area contributed by atoms with Crippen molar-refractivity contribution in [2.24, 2.45) is 4.99 Å². The predicted octanol–water partition coefficient (Wildman–Crippen LogP) is 4.36. The molecule has 1 aromatic heterocycles. The molecule has 0 bridgehead atoms. The summed E-state index contributed by atoms with van der Waals surface area (Å²) in [6.07, 6.45) is 0. The Hall–Kier alpha value is -2.79. The standard InChI is InChI=1S/C23H28N2O3/c1-5-25(6-2)14-13-24-21-16-23(17-7-9-18(26-3)10-8-17)28-22-12-11-19(27-4)15-20(21)22/h7-12,15-16H,5-6,13-14H2,1-4H3. The molecule has 28 heavy (non-hydrogen) atoms. The first-order valence-electron chi connectivity index (χ1n) is 9.67. The first-order valence-corrected chi connectivity index (χ1v) is 9.67. The number of methoxy groups -OCH3 is 2. The Balaban J connectivity index is 2.06. The molecule has 0 atom stereocenters. The van der Waals surface area contributed by atoms with Gasteiger partial charge in [0.15, 0.2) is 0 Å². The lowest BCUT2D eigenvalue weighted by atomic mass is 10.1. The number of rotatable bonds is 8. The molecule has 5 heteroatoms. The van der Waals surface area contributed by atoms with Crippen LogP contribution in [0.5, 0.6) is 11.5 Å². The second-order valence-corrected chi connectivity index (χ2v) is 6.50. The van der Waals surface area contributed by atoms with Crippen LogP contribution in [0.3, 0.4) is 0 Å². The molecule has 0 aliphatic carbocycles. The molecule has 2 aromatic carbocycles. The number of hydrogen-bond donors (Lipinski definition) is 0. The normalized spacial score (nSPS) is 12.0. The zero-order valence-corrected chi connectivity index (χ0v) is 17.1. The largest absolute Gasteiger partial charge is 0.497 e. The minimum Gasteiger partial charge on any atom is -0.497 e. The van der Waals surface area contributed by atoms with Crippen LogP contribution in [0.4, 0.5) is 0 Å². The van der Waals surface area contributed by atoms with Gasteiger partial charge in [0.1, 0.15) is 22.8 Å².